The Balaban J connectivity index is 2.69. The minimum atomic E-state index is -0.385. The number of primary amides is 1. The lowest BCUT2D eigenvalue weighted by molar-refractivity contribution is -0.116. The van der Waals surface area contributed by atoms with Crippen LogP contribution in [0.2, 0.25) is 0 Å². The van der Waals surface area contributed by atoms with Gasteiger partial charge in [-0.05, 0) is 12.5 Å². The maximum Gasteiger partial charge on any atom is 0.236 e. The molecule has 0 saturated heterocycles. The van der Waals surface area contributed by atoms with Crippen LogP contribution in [-0.2, 0) is 4.79 Å². The fourth-order valence-corrected chi connectivity index (χ4v) is 1.20. The first-order valence-corrected chi connectivity index (χ1v) is 5.20. The highest BCUT2D eigenvalue weighted by Gasteiger charge is 2.06. The number of anilines is 2. The van der Waals surface area contributed by atoms with Crippen LogP contribution in [0.4, 0.5) is 11.8 Å². The van der Waals surface area contributed by atoms with Crippen LogP contribution in [0.1, 0.15) is 13.3 Å². The molecule has 0 aliphatic heterocycles. The van der Waals surface area contributed by atoms with Gasteiger partial charge in [-0.25, -0.2) is 4.98 Å². The SMILES string of the molecule is CCCNc1nccc(N(C)CC(N)=O)n1. The predicted molar refractivity (Wildman–Crippen MR) is 63.3 cm³/mol. The molecule has 0 aliphatic carbocycles. The van der Waals surface area contributed by atoms with Crippen molar-refractivity contribution in [3.63, 3.8) is 0 Å². The zero-order valence-corrected chi connectivity index (χ0v) is 9.60. The number of aromatic nitrogens is 2. The van der Waals surface area contributed by atoms with Crippen molar-refractivity contribution in [3.8, 4) is 0 Å². The van der Waals surface area contributed by atoms with Crippen LogP contribution in [0.3, 0.4) is 0 Å². The molecular formula is C10H17N5O. The number of rotatable bonds is 6. The highest BCUT2D eigenvalue weighted by molar-refractivity contribution is 5.79. The zero-order valence-electron chi connectivity index (χ0n) is 9.60. The number of hydrogen-bond donors (Lipinski definition) is 2. The van der Waals surface area contributed by atoms with E-state index in [1.54, 1.807) is 24.2 Å². The molecule has 1 rings (SSSR count). The summed E-state index contributed by atoms with van der Waals surface area (Å²) in [6, 6.07) is 1.74. The van der Waals surface area contributed by atoms with Crippen LogP contribution >= 0.6 is 0 Å². The van der Waals surface area contributed by atoms with E-state index in [1.807, 2.05) is 0 Å². The Morgan fingerprint density at radius 1 is 1.62 bits per heavy atom. The van der Waals surface area contributed by atoms with Crippen LogP contribution in [0.15, 0.2) is 12.3 Å². The number of amides is 1. The summed E-state index contributed by atoms with van der Waals surface area (Å²) in [4.78, 5) is 20.8. The molecule has 0 aliphatic rings. The van der Waals surface area contributed by atoms with E-state index in [0.29, 0.717) is 11.8 Å². The Bertz CT molecular complexity index is 355. The summed E-state index contributed by atoms with van der Waals surface area (Å²) >= 11 is 0. The molecule has 0 atom stereocenters. The van der Waals surface area contributed by atoms with E-state index in [4.69, 9.17) is 5.73 Å². The van der Waals surface area contributed by atoms with Gasteiger partial charge in [-0.2, -0.15) is 4.98 Å². The average Bonchev–Trinajstić information content (AvgIpc) is 2.26. The van der Waals surface area contributed by atoms with Crippen molar-refractivity contribution in [1.82, 2.24) is 9.97 Å². The number of hydrogen-bond acceptors (Lipinski definition) is 5. The standard InChI is InChI=1S/C10H17N5O/c1-3-5-12-10-13-6-4-9(14-10)15(2)7-8(11)16/h4,6H,3,5,7H2,1-2H3,(H2,11,16)(H,12,13,14). The minimum absolute atomic E-state index is 0.143. The monoisotopic (exact) mass is 223 g/mol. The summed E-state index contributed by atoms with van der Waals surface area (Å²) in [5.41, 5.74) is 5.11. The van der Waals surface area contributed by atoms with E-state index in [-0.39, 0.29) is 12.5 Å². The van der Waals surface area contributed by atoms with Crippen molar-refractivity contribution in [1.29, 1.82) is 0 Å². The molecule has 0 bridgehead atoms. The van der Waals surface area contributed by atoms with Gasteiger partial charge < -0.3 is 16.0 Å². The second kappa shape index (κ2) is 5.89. The van der Waals surface area contributed by atoms with Crippen LogP contribution in [0.25, 0.3) is 0 Å². The van der Waals surface area contributed by atoms with Crippen molar-refractivity contribution < 1.29 is 4.79 Å². The molecule has 88 valence electrons. The summed E-state index contributed by atoms with van der Waals surface area (Å²) in [5, 5.41) is 3.08. The second-order valence-electron chi connectivity index (χ2n) is 3.49. The Labute approximate surface area is 94.9 Å². The molecule has 3 N–H and O–H groups in total. The van der Waals surface area contributed by atoms with E-state index in [9.17, 15) is 4.79 Å². The third kappa shape index (κ3) is 3.72. The van der Waals surface area contributed by atoms with E-state index in [2.05, 4.69) is 22.2 Å². The lowest BCUT2D eigenvalue weighted by Crippen LogP contribution is -2.31. The van der Waals surface area contributed by atoms with Gasteiger partial charge in [0.1, 0.15) is 5.82 Å². The molecular weight excluding hydrogens is 206 g/mol. The molecule has 0 unspecified atom stereocenters. The number of likely N-dealkylation sites (N-methyl/N-ethyl adjacent to an activating group) is 1. The highest BCUT2D eigenvalue weighted by Crippen LogP contribution is 2.09. The molecule has 16 heavy (non-hydrogen) atoms. The Hall–Kier alpha value is -1.85. The van der Waals surface area contributed by atoms with Crippen molar-refractivity contribution in [2.75, 3.05) is 30.4 Å². The van der Waals surface area contributed by atoms with Gasteiger partial charge in [0.25, 0.3) is 0 Å². The number of carbonyl (C=O) groups is 1. The van der Waals surface area contributed by atoms with Crippen LogP contribution in [0, 0.1) is 0 Å². The zero-order chi connectivity index (χ0) is 12.0. The van der Waals surface area contributed by atoms with Gasteiger partial charge in [0, 0.05) is 19.8 Å². The third-order valence-electron chi connectivity index (χ3n) is 1.96. The average molecular weight is 223 g/mol. The van der Waals surface area contributed by atoms with E-state index in [0.717, 1.165) is 13.0 Å². The third-order valence-corrected chi connectivity index (χ3v) is 1.96. The largest absolute Gasteiger partial charge is 0.368 e. The lowest BCUT2D eigenvalue weighted by atomic mass is 10.4. The lowest BCUT2D eigenvalue weighted by Gasteiger charge is -2.16. The van der Waals surface area contributed by atoms with Gasteiger partial charge in [-0.3, -0.25) is 4.79 Å². The van der Waals surface area contributed by atoms with Crippen LogP contribution in [0.5, 0.6) is 0 Å². The molecule has 0 aromatic carbocycles. The van der Waals surface area contributed by atoms with Gasteiger partial charge in [0.05, 0.1) is 6.54 Å². The molecule has 1 aromatic rings. The topological polar surface area (TPSA) is 84.1 Å². The van der Waals surface area contributed by atoms with Crippen molar-refractivity contribution in [3.05, 3.63) is 12.3 Å². The number of nitrogens with zero attached hydrogens (tertiary/aromatic N) is 3. The quantitative estimate of drug-likeness (QED) is 0.720. The first-order chi connectivity index (χ1) is 7.63. The van der Waals surface area contributed by atoms with Crippen molar-refractivity contribution >= 4 is 17.7 Å². The Kier molecular flexibility index (Phi) is 4.50. The normalized spacial score (nSPS) is 9.88. The predicted octanol–water partition coefficient (Wildman–Crippen LogP) is 0.220. The van der Waals surface area contributed by atoms with Gasteiger partial charge >= 0.3 is 0 Å². The molecule has 0 spiro atoms. The summed E-state index contributed by atoms with van der Waals surface area (Å²) in [6.07, 6.45) is 2.66. The Morgan fingerprint density at radius 3 is 3.00 bits per heavy atom. The molecule has 1 heterocycles. The molecule has 0 radical (unpaired) electrons. The van der Waals surface area contributed by atoms with E-state index < -0.39 is 0 Å². The highest BCUT2D eigenvalue weighted by atomic mass is 16.1. The fourth-order valence-electron chi connectivity index (χ4n) is 1.20. The smallest absolute Gasteiger partial charge is 0.236 e. The summed E-state index contributed by atoms with van der Waals surface area (Å²) in [6.45, 7) is 3.03. The molecule has 1 aromatic heterocycles. The molecule has 0 fully saturated rings. The van der Waals surface area contributed by atoms with Gasteiger partial charge in [0.15, 0.2) is 0 Å². The number of nitrogens with two attached hydrogens (primary N) is 1. The maximum absolute atomic E-state index is 10.8. The van der Waals surface area contributed by atoms with Gasteiger partial charge in [0.2, 0.25) is 11.9 Å². The summed E-state index contributed by atoms with van der Waals surface area (Å²) in [5.74, 6) is 0.854. The van der Waals surface area contributed by atoms with Crippen molar-refractivity contribution in [2.24, 2.45) is 5.73 Å². The maximum atomic E-state index is 10.8. The first kappa shape index (κ1) is 12.2. The summed E-state index contributed by atoms with van der Waals surface area (Å²) < 4.78 is 0. The summed E-state index contributed by atoms with van der Waals surface area (Å²) in [7, 11) is 1.76. The fraction of sp³-hybridized carbons (Fsp3) is 0.500. The van der Waals surface area contributed by atoms with Crippen molar-refractivity contribution in [2.45, 2.75) is 13.3 Å². The van der Waals surface area contributed by atoms with E-state index >= 15 is 0 Å². The first-order valence-electron chi connectivity index (χ1n) is 5.20. The van der Waals surface area contributed by atoms with Gasteiger partial charge in [-0.15, -0.1) is 0 Å². The van der Waals surface area contributed by atoms with Crippen LogP contribution in [-0.4, -0.2) is 36.0 Å². The molecule has 0 saturated carbocycles. The minimum Gasteiger partial charge on any atom is -0.368 e. The molecule has 6 heteroatoms. The second-order valence-corrected chi connectivity index (χ2v) is 3.49. The number of nitrogens with one attached hydrogen (secondary N) is 1. The number of carbonyl (C=O) groups excluding carboxylic acids is 1. The molecule has 6 nitrogen and oxygen atoms in total. The van der Waals surface area contributed by atoms with Crippen LogP contribution < -0.4 is 16.0 Å². The molecule has 1 amide bonds. The van der Waals surface area contributed by atoms with E-state index in [1.165, 1.54) is 0 Å². The Morgan fingerprint density at radius 2 is 2.38 bits per heavy atom. The van der Waals surface area contributed by atoms with Gasteiger partial charge in [-0.1, -0.05) is 6.92 Å².